The Bertz CT molecular complexity index is 686. The second-order valence-corrected chi connectivity index (χ2v) is 6.60. The summed E-state index contributed by atoms with van der Waals surface area (Å²) in [6, 6.07) is 2.00. The molecule has 1 aromatic carbocycles. The lowest BCUT2D eigenvalue weighted by Gasteiger charge is -2.23. The molecule has 138 valence electrons. The molecule has 2 aliphatic heterocycles. The molecular formula is C16H19Cl2FN2O4. The van der Waals surface area contributed by atoms with Crippen LogP contribution < -0.4 is 22.2 Å². The molecule has 1 amide bonds. The van der Waals surface area contributed by atoms with Crippen molar-refractivity contribution < 1.29 is 40.8 Å². The van der Waals surface area contributed by atoms with Gasteiger partial charge in [0.1, 0.15) is 19.0 Å². The fourth-order valence-electron chi connectivity index (χ4n) is 2.98. The summed E-state index contributed by atoms with van der Waals surface area (Å²) in [5.74, 6) is -1.50. The molecule has 1 aromatic rings. The van der Waals surface area contributed by atoms with Gasteiger partial charge >= 0.3 is 5.97 Å². The molecule has 0 bridgehead atoms. The fourth-order valence-corrected chi connectivity index (χ4v) is 3.21. The Morgan fingerprint density at radius 1 is 1.48 bits per heavy atom. The number of carbonyl (C=O) groups excluding carboxylic acids is 2. The van der Waals surface area contributed by atoms with Gasteiger partial charge in [-0.3, -0.25) is 9.69 Å². The van der Waals surface area contributed by atoms with Gasteiger partial charge in [-0.15, -0.1) is 0 Å². The van der Waals surface area contributed by atoms with E-state index in [0.717, 1.165) is 11.0 Å². The number of anilines is 1. The number of nitrogens with zero attached hydrogens (tertiary/aromatic N) is 1. The highest BCUT2D eigenvalue weighted by Gasteiger charge is 2.45. The molecule has 0 radical (unpaired) electrons. The Morgan fingerprint density at radius 2 is 2.20 bits per heavy atom. The molecule has 0 aliphatic carbocycles. The van der Waals surface area contributed by atoms with Crippen molar-refractivity contribution in [3.8, 4) is 0 Å². The standard InChI is InChI=1S/C16H18ClFN2O4.ClH/c1-9(2)24-16(22)10-5-13(12(18)6-11(10)17)20-8-19-3-4-23-7-14(19)15(20)21;/h5-6,9,14H,3-4,7-8H2,1-2H3;1H. The average Bonchev–Trinajstić information content (AvgIpc) is 2.84. The maximum Gasteiger partial charge on any atom is 0.339 e. The number of benzene rings is 1. The molecule has 2 heterocycles. The number of carbonyl (C=O) groups is 2. The van der Waals surface area contributed by atoms with E-state index in [1.807, 2.05) is 0 Å². The van der Waals surface area contributed by atoms with Crippen molar-refractivity contribution in [3.05, 3.63) is 28.5 Å². The number of halogens is 3. The van der Waals surface area contributed by atoms with Gasteiger partial charge in [-0.1, -0.05) is 11.6 Å². The monoisotopic (exact) mass is 392 g/mol. The highest BCUT2D eigenvalue weighted by Crippen LogP contribution is 2.29. The Morgan fingerprint density at radius 3 is 2.84 bits per heavy atom. The number of morpholine rings is 1. The van der Waals surface area contributed by atoms with Crippen LogP contribution in [-0.4, -0.2) is 50.4 Å². The van der Waals surface area contributed by atoms with E-state index in [-0.39, 0.29) is 46.7 Å². The summed E-state index contributed by atoms with van der Waals surface area (Å²) >= 11 is 5.98. The van der Waals surface area contributed by atoms with E-state index in [9.17, 15) is 14.0 Å². The zero-order valence-electron chi connectivity index (χ0n) is 13.9. The number of ether oxygens (including phenoxy) is 2. The molecule has 9 heteroatoms. The van der Waals surface area contributed by atoms with Crippen LogP contribution in [0.3, 0.4) is 0 Å². The number of amides is 1. The van der Waals surface area contributed by atoms with Crippen LogP contribution in [0.25, 0.3) is 0 Å². The van der Waals surface area contributed by atoms with Crippen molar-refractivity contribution in [2.45, 2.75) is 26.0 Å². The normalized spacial score (nSPS) is 22.6. The number of hydrogen-bond acceptors (Lipinski definition) is 4. The quantitative estimate of drug-likeness (QED) is 0.584. The van der Waals surface area contributed by atoms with E-state index in [1.54, 1.807) is 13.8 Å². The summed E-state index contributed by atoms with van der Waals surface area (Å²) in [6.45, 7) is 5.34. The number of nitrogens with one attached hydrogen (secondary N) is 1. The summed E-state index contributed by atoms with van der Waals surface area (Å²) in [6.07, 6.45) is -0.328. The first-order valence-electron chi connectivity index (χ1n) is 7.82. The SMILES string of the molecule is CC(C)OC(=O)c1cc(N2C[NH+]3CCOCC3C2=O)c(F)cc1Cl.[Cl-]. The first-order chi connectivity index (χ1) is 11.4. The van der Waals surface area contributed by atoms with Gasteiger partial charge in [0.15, 0.2) is 12.7 Å². The average molecular weight is 393 g/mol. The highest BCUT2D eigenvalue weighted by molar-refractivity contribution is 6.33. The van der Waals surface area contributed by atoms with Crippen molar-refractivity contribution in [1.82, 2.24) is 0 Å². The summed E-state index contributed by atoms with van der Waals surface area (Å²) < 4.78 is 24.8. The van der Waals surface area contributed by atoms with Crippen LogP contribution in [0.1, 0.15) is 24.2 Å². The van der Waals surface area contributed by atoms with Crippen molar-refractivity contribution in [2.24, 2.45) is 0 Å². The predicted molar refractivity (Wildman–Crippen MR) is 84.8 cm³/mol. The Balaban J connectivity index is 0.00000225. The zero-order chi connectivity index (χ0) is 17.4. The van der Waals surface area contributed by atoms with Crippen molar-refractivity contribution in [1.29, 1.82) is 0 Å². The molecule has 25 heavy (non-hydrogen) atoms. The van der Waals surface area contributed by atoms with Gasteiger partial charge in [0.2, 0.25) is 0 Å². The van der Waals surface area contributed by atoms with E-state index in [1.165, 1.54) is 11.0 Å². The largest absolute Gasteiger partial charge is 1.00 e. The minimum absolute atomic E-state index is 0. The van der Waals surface area contributed by atoms with Gasteiger partial charge in [-0.2, -0.15) is 0 Å². The van der Waals surface area contributed by atoms with E-state index in [2.05, 4.69) is 0 Å². The Kier molecular flexibility index (Phi) is 6.26. The zero-order valence-corrected chi connectivity index (χ0v) is 15.4. The molecular weight excluding hydrogens is 374 g/mol. The Hall–Kier alpha value is -1.41. The third-order valence-corrected chi connectivity index (χ3v) is 4.47. The van der Waals surface area contributed by atoms with Crippen LogP contribution >= 0.6 is 11.6 Å². The summed E-state index contributed by atoms with van der Waals surface area (Å²) in [5, 5.41) is -0.0399. The lowest BCUT2D eigenvalue weighted by Crippen LogP contribution is -3.16. The number of hydrogen-bond donors (Lipinski definition) is 1. The molecule has 0 aromatic heterocycles. The summed E-state index contributed by atoms with van der Waals surface area (Å²) in [4.78, 5) is 27.1. The highest BCUT2D eigenvalue weighted by atomic mass is 35.5. The van der Waals surface area contributed by atoms with E-state index in [4.69, 9.17) is 21.1 Å². The lowest BCUT2D eigenvalue weighted by atomic mass is 10.1. The first-order valence-corrected chi connectivity index (χ1v) is 8.20. The molecule has 2 saturated heterocycles. The molecule has 0 saturated carbocycles. The van der Waals surface area contributed by atoms with Gasteiger partial charge in [0, 0.05) is 0 Å². The molecule has 2 fully saturated rings. The van der Waals surface area contributed by atoms with Crippen molar-refractivity contribution >= 4 is 29.2 Å². The number of rotatable bonds is 3. The van der Waals surface area contributed by atoms with Gasteiger partial charge in [0.25, 0.3) is 5.91 Å². The molecule has 0 spiro atoms. The molecule has 6 nitrogen and oxygen atoms in total. The van der Waals surface area contributed by atoms with Crippen molar-refractivity contribution in [2.75, 3.05) is 31.3 Å². The van der Waals surface area contributed by atoms with Crippen LogP contribution in [0, 0.1) is 5.82 Å². The van der Waals surface area contributed by atoms with E-state index >= 15 is 0 Å². The van der Waals surface area contributed by atoms with Crippen LogP contribution in [0.2, 0.25) is 5.02 Å². The summed E-state index contributed by atoms with van der Waals surface area (Å²) in [7, 11) is 0. The minimum atomic E-state index is -0.644. The second-order valence-electron chi connectivity index (χ2n) is 6.20. The van der Waals surface area contributed by atoms with Crippen LogP contribution in [-0.2, 0) is 14.3 Å². The van der Waals surface area contributed by atoms with E-state index < -0.39 is 11.8 Å². The van der Waals surface area contributed by atoms with Gasteiger partial charge < -0.3 is 26.8 Å². The maximum absolute atomic E-state index is 14.4. The molecule has 2 atom stereocenters. The topological polar surface area (TPSA) is 60.3 Å². The Labute approximate surface area is 156 Å². The van der Waals surface area contributed by atoms with Gasteiger partial charge in [0.05, 0.1) is 29.0 Å². The summed E-state index contributed by atoms with van der Waals surface area (Å²) in [5.41, 5.74) is 0.0905. The second kappa shape index (κ2) is 7.86. The number of quaternary nitrogens is 1. The smallest absolute Gasteiger partial charge is 0.339 e. The van der Waals surface area contributed by atoms with Crippen molar-refractivity contribution in [3.63, 3.8) is 0 Å². The fraction of sp³-hybridized carbons (Fsp3) is 0.500. The molecule has 1 N–H and O–H groups in total. The van der Waals surface area contributed by atoms with Crippen LogP contribution in [0.4, 0.5) is 10.1 Å². The third-order valence-electron chi connectivity index (χ3n) is 4.16. The molecule has 3 rings (SSSR count). The minimum Gasteiger partial charge on any atom is -1.00 e. The van der Waals surface area contributed by atoms with Crippen LogP contribution in [0.5, 0.6) is 0 Å². The molecule has 2 unspecified atom stereocenters. The third kappa shape index (κ3) is 3.89. The van der Waals surface area contributed by atoms with E-state index in [0.29, 0.717) is 26.4 Å². The van der Waals surface area contributed by atoms with Gasteiger partial charge in [-0.05, 0) is 26.0 Å². The molecule has 2 aliphatic rings. The lowest BCUT2D eigenvalue weighted by molar-refractivity contribution is -0.915. The predicted octanol–water partition coefficient (Wildman–Crippen LogP) is -2.36. The number of fused-ring (bicyclic) bond motifs is 1. The number of esters is 1. The maximum atomic E-state index is 14.4. The van der Waals surface area contributed by atoms with Crippen LogP contribution in [0.15, 0.2) is 12.1 Å². The first kappa shape index (κ1) is 19.9. The van der Waals surface area contributed by atoms with Gasteiger partial charge in [-0.25, -0.2) is 9.18 Å².